The molecule has 6 rings (SSSR count). The van der Waals surface area contributed by atoms with Gasteiger partial charge in [0.1, 0.15) is 35.6 Å². The third-order valence-electron chi connectivity index (χ3n) is 8.72. The van der Waals surface area contributed by atoms with Crippen molar-refractivity contribution >= 4 is 69.5 Å². The van der Waals surface area contributed by atoms with E-state index in [9.17, 15) is 19.2 Å². The van der Waals surface area contributed by atoms with Crippen LogP contribution in [0.1, 0.15) is 63.9 Å². The number of thioether (sulfide) groups is 2. The average Bonchev–Trinajstić information content (AvgIpc) is 3.64. The Morgan fingerprint density at radius 1 is 0.860 bits per heavy atom. The van der Waals surface area contributed by atoms with Gasteiger partial charge in [-0.05, 0) is 58.2 Å². The van der Waals surface area contributed by atoms with Crippen LogP contribution >= 0.6 is 34.9 Å². The van der Waals surface area contributed by atoms with E-state index < -0.39 is 52.6 Å². The number of rotatable bonds is 13. The molecular weight excluding hydrogens is 783 g/mol. The topological polar surface area (TPSA) is 149 Å². The van der Waals surface area contributed by atoms with Crippen molar-refractivity contribution in [2.45, 2.75) is 70.4 Å². The number of nitrogens with one attached hydrogen (secondary N) is 2. The molecular formula is C42H45N5O7S3. The predicted octanol–water partition coefficient (Wildman–Crippen LogP) is 6.93. The highest BCUT2D eigenvalue weighted by Crippen LogP contribution is 2.45. The second-order valence-electron chi connectivity index (χ2n) is 15.2. The van der Waals surface area contributed by atoms with Crippen LogP contribution in [0.25, 0.3) is 0 Å². The second-order valence-corrected chi connectivity index (χ2v) is 18.3. The molecule has 2 aliphatic heterocycles. The highest BCUT2D eigenvalue weighted by Gasteiger charge is 2.55. The Hall–Kier alpha value is -5.12. The number of hydrogen-bond acceptors (Lipinski definition) is 13. The van der Waals surface area contributed by atoms with Crippen LogP contribution in [0.5, 0.6) is 0 Å². The number of β-lactam (4-membered cyclic amide) rings is 1. The van der Waals surface area contributed by atoms with Crippen molar-refractivity contribution < 1.29 is 33.5 Å². The minimum atomic E-state index is -0.972. The van der Waals surface area contributed by atoms with Gasteiger partial charge >= 0.3 is 11.9 Å². The van der Waals surface area contributed by atoms with Crippen LogP contribution in [-0.4, -0.2) is 81.2 Å². The Balaban J connectivity index is 1.25. The van der Waals surface area contributed by atoms with Gasteiger partial charge < -0.3 is 24.9 Å². The summed E-state index contributed by atoms with van der Waals surface area (Å²) < 4.78 is 11.6. The summed E-state index contributed by atoms with van der Waals surface area (Å²) in [5, 5.41) is 12.8. The molecule has 2 N–H and O–H groups in total. The minimum Gasteiger partial charge on any atom is -0.459 e. The van der Waals surface area contributed by atoms with Gasteiger partial charge in [0.25, 0.3) is 11.8 Å². The van der Waals surface area contributed by atoms with Crippen molar-refractivity contribution in [3.05, 3.63) is 129 Å². The number of thiazole rings is 1. The van der Waals surface area contributed by atoms with Crippen LogP contribution in [0, 0.1) is 0 Å². The maximum atomic E-state index is 14.0. The molecule has 2 amide bonds. The smallest absolute Gasteiger partial charge is 0.357 e. The normalized spacial score (nSPS) is 17.3. The van der Waals surface area contributed by atoms with Gasteiger partial charge in [0, 0.05) is 11.1 Å². The third kappa shape index (κ3) is 9.37. The molecule has 15 heteroatoms. The molecule has 1 aromatic heterocycles. The molecule has 3 heterocycles. The van der Waals surface area contributed by atoms with E-state index in [-0.39, 0.29) is 22.9 Å². The van der Waals surface area contributed by atoms with Gasteiger partial charge in [0.05, 0.1) is 16.0 Å². The summed E-state index contributed by atoms with van der Waals surface area (Å²) in [6.45, 7) is 10.5. The zero-order valence-electron chi connectivity index (χ0n) is 32.7. The number of fused-ring (bicyclic) bond motifs is 1. The van der Waals surface area contributed by atoms with Gasteiger partial charge in [-0.1, -0.05) is 96.2 Å². The van der Waals surface area contributed by atoms with Crippen LogP contribution in [0.3, 0.4) is 0 Å². The molecule has 12 nitrogen and oxygen atoms in total. The van der Waals surface area contributed by atoms with Gasteiger partial charge in [0.2, 0.25) is 0 Å². The van der Waals surface area contributed by atoms with Crippen molar-refractivity contribution in [2.75, 3.05) is 23.9 Å². The van der Waals surface area contributed by atoms with Crippen LogP contribution in [-0.2, 0) is 39.0 Å². The molecule has 2 aliphatic rings. The minimum absolute atomic E-state index is 0.0370. The predicted molar refractivity (Wildman–Crippen MR) is 225 cm³/mol. The molecule has 2 atom stereocenters. The van der Waals surface area contributed by atoms with Crippen molar-refractivity contribution in [2.24, 2.45) is 5.16 Å². The molecule has 57 heavy (non-hydrogen) atoms. The monoisotopic (exact) mass is 827 g/mol. The number of ether oxygens (including phenoxy) is 2. The number of nitrogens with zero attached hydrogens (tertiary/aromatic N) is 3. The SMILES string of the molecule is CO/N=C(\C(=O)NC1C(=O)N2C(C(=O)OC(C)(C)C)=C(SCC(=O)OC(C)(C)C)SCC12)c1csc(NC(c2ccccc2)(c2ccccc2)c2ccccc2)n1. The van der Waals surface area contributed by atoms with Crippen LogP contribution in [0.15, 0.2) is 111 Å². The largest absolute Gasteiger partial charge is 0.459 e. The molecule has 0 bridgehead atoms. The molecule has 1 saturated heterocycles. The van der Waals surface area contributed by atoms with Gasteiger partial charge in [-0.15, -0.1) is 34.9 Å². The van der Waals surface area contributed by atoms with Gasteiger partial charge in [0.15, 0.2) is 16.5 Å². The maximum absolute atomic E-state index is 14.0. The number of esters is 2. The van der Waals surface area contributed by atoms with Gasteiger partial charge in [-0.2, -0.15) is 0 Å². The first kappa shape index (κ1) is 41.5. The van der Waals surface area contributed by atoms with Crippen molar-refractivity contribution in [1.29, 1.82) is 0 Å². The lowest BCUT2D eigenvalue weighted by Crippen LogP contribution is -2.73. The van der Waals surface area contributed by atoms with E-state index in [0.29, 0.717) is 15.1 Å². The van der Waals surface area contributed by atoms with Crippen molar-refractivity contribution in [3.63, 3.8) is 0 Å². The van der Waals surface area contributed by atoms with Gasteiger partial charge in [-0.3, -0.25) is 19.3 Å². The standard InChI is InChI=1S/C42H45N5O7S3/c1-40(2,3)53-31(48)25-56-38-34(37(51)54-41(4,5)6)47-30(24-55-38)33(36(47)50)44-35(49)32(46-52-7)29-23-57-39(43-29)45-42(26-17-11-8-12-18-26,27-19-13-9-14-20-27)28-21-15-10-16-22-28/h8-23,30,33H,24-25H2,1-7H3,(H,43,45)(H,44,49)/b46-32-. The number of aromatic nitrogens is 1. The summed E-state index contributed by atoms with van der Waals surface area (Å²) in [7, 11) is 1.33. The first-order chi connectivity index (χ1) is 27.1. The summed E-state index contributed by atoms with van der Waals surface area (Å²) in [5.41, 5.74) is 0.701. The molecule has 0 saturated carbocycles. The highest BCUT2D eigenvalue weighted by molar-refractivity contribution is 8.22. The lowest BCUT2D eigenvalue weighted by molar-refractivity contribution is -0.160. The zero-order valence-corrected chi connectivity index (χ0v) is 35.2. The molecule has 298 valence electrons. The van der Waals surface area contributed by atoms with E-state index in [1.165, 1.54) is 35.1 Å². The molecule has 4 aromatic rings. The van der Waals surface area contributed by atoms with E-state index in [1.54, 1.807) is 46.9 Å². The fourth-order valence-electron chi connectivity index (χ4n) is 6.48. The van der Waals surface area contributed by atoms with Crippen molar-refractivity contribution in [1.82, 2.24) is 15.2 Å². The summed E-state index contributed by atoms with van der Waals surface area (Å²) in [6, 6.07) is 28.6. The third-order valence-corrected chi connectivity index (χ3v) is 12.0. The van der Waals surface area contributed by atoms with Crippen LogP contribution in [0.2, 0.25) is 0 Å². The quantitative estimate of drug-likeness (QED) is 0.0476. The van der Waals surface area contributed by atoms with Crippen molar-refractivity contribution in [3.8, 4) is 0 Å². The fraction of sp³-hybridized carbons (Fsp3) is 0.333. The fourth-order valence-corrected chi connectivity index (χ4v) is 9.55. The Morgan fingerprint density at radius 2 is 1.40 bits per heavy atom. The molecule has 0 aliphatic carbocycles. The van der Waals surface area contributed by atoms with E-state index in [0.717, 1.165) is 28.5 Å². The highest BCUT2D eigenvalue weighted by atomic mass is 32.2. The molecule has 1 fully saturated rings. The Labute approximate surface area is 344 Å². The Bertz CT molecular complexity index is 2070. The number of benzene rings is 3. The second kappa shape index (κ2) is 17.2. The summed E-state index contributed by atoms with van der Waals surface area (Å²) in [5.74, 6) is -2.05. The summed E-state index contributed by atoms with van der Waals surface area (Å²) >= 11 is 3.72. The molecule has 2 unspecified atom stereocenters. The number of amides is 2. The summed E-state index contributed by atoms with van der Waals surface area (Å²) in [6.07, 6.45) is 0. The molecule has 0 radical (unpaired) electrons. The summed E-state index contributed by atoms with van der Waals surface area (Å²) in [4.78, 5) is 65.2. The van der Waals surface area contributed by atoms with E-state index >= 15 is 0 Å². The first-order valence-corrected chi connectivity index (χ1v) is 21.1. The van der Waals surface area contributed by atoms with E-state index in [4.69, 9.17) is 19.3 Å². The lowest BCUT2D eigenvalue weighted by Gasteiger charge is -2.50. The Morgan fingerprint density at radius 3 is 1.91 bits per heavy atom. The number of hydrogen-bond donors (Lipinski definition) is 2. The van der Waals surface area contributed by atoms with Crippen LogP contribution < -0.4 is 10.6 Å². The number of carbonyl (C=O) groups is 4. The number of oxime groups is 1. The lowest BCUT2D eigenvalue weighted by atomic mass is 9.77. The first-order valence-electron chi connectivity index (χ1n) is 18.2. The molecule has 3 aromatic carbocycles. The Kier molecular flexibility index (Phi) is 12.5. The number of anilines is 1. The average molecular weight is 828 g/mol. The van der Waals surface area contributed by atoms with Crippen LogP contribution in [0.4, 0.5) is 5.13 Å². The number of carbonyl (C=O) groups excluding carboxylic acids is 4. The zero-order chi connectivity index (χ0) is 41.0. The molecule has 0 spiro atoms. The van der Waals surface area contributed by atoms with E-state index in [1.807, 2.05) is 54.6 Å². The maximum Gasteiger partial charge on any atom is 0.357 e. The van der Waals surface area contributed by atoms with Gasteiger partial charge in [-0.25, -0.2) is 9.78 Å². The van der Waals surface area contributed by atoms with E-state index in [2.05, 4.69) is 52.2 Å².